The summed E-state index contributed by atoms with van der Waals surface area (Å²) >= 11 is 1.69. The Morgan fingerprint density at radius 1 is 1.10 bits per heavy atom. The van der Waals surface area contributed by atoms with Gasteiger partial charge in [-0.05, 0) is 24.3 Å². The molecule has 0 atom stereocenters. The van der Waals surface area contributed by atoms with Crippen LogP contribution in [-0.2, 0) is 11.3 Å². The lowest BCUT2D eigenvalue weighted by Gasteiger charge is -2.23. The molecule has 1 aliphatic rings. The van der Waals surface area contributed by atoms with Gasteiger partial charge in [0, 0.05) is 23.9 Å². The van der Waals surface area contributed by atoms with E-state index in [-0.39, 0.29) is 0 Å². The molecular weight excluding hydrogens is 382 g/mol. The van der Waals surface area contributed by atoms with Gasteiger partial charge in [0.2, 0.25) is 0 Å². The Labute approximate surface area is 175 Å². The number of methoxy groups -OCH3 is 1. The molecule has 0 saturated carbocycles. The Morgan fingerprint density at radius 3 is 2.72 bits per heavy atom. The standard InChI is InChI=1S/C23H27N3O2S/c1-27-21-10-5-7-19(17-21)22-18-29-23(24-20-8-3-2-4-9-20)26(22)12-6-11-25-13-15-28-16-14-25/h2-5,7-10,17-18H,6,11-16H2,1H3/p+1. The molecule has 2 aromatic carbocycles. The normalized spacial score (nSPS) is 15.6. The second-order valence-corrected chi connectivity index (χ2v) is 8.04. The Balaban J connectivity index is 1.62. The first-order valence-electron chi connectivity index (χ1n) is 10.2. The predicted molar refractivity (Wildman–Crippen MR) is 117 cm³/mol. The van der Waals surface area contributed by atoms with Gasteiger partial charge < -0.3 is 18.9 Å². The Bertz CT molecular complexity index is 975. The lowest BCUT2D eigenvalue weighted by Crippen LogP contribution is -3.14. The van der Waals surface area contributed by atoms with Gasteiger partial charge >= 0.3 is 0 Å². The van der Waals surface area contributed by atoms with E-state index in [0.717, 1.165) is 67.6 Å². The number of para-hydroxylation sites is 1. The molecule has 4 rings (SSSR count). The molecule has 0 aliphatic carbocycles. The van der Waals surface area contributed by atoms with Crippen LogP contribution in [0.1, 0.15) is 6.42 Å². The van der Waals surface area contributed by atoms with Crippen LogP contribution in [0.2, 0.25) is 0 Å². The molecule has 29 heavy (non-hydrogen) atoms. The minimum absolute atomic E-state index is 0.875. The number of morpholine rings is 1. The van der Waals surface area contributed by atoms with Crippen molar-refractivity contribution in [1.29, 1.82) is 0 Å². The maximum absolute atomic E-state index is 5.48. The highest BCUT2D eigenvalue weighted by atomic mass is 32.1. The van der Waals surface area contributed by atoms with Gasteiger partial charge in [-0.3, -0.25) is 0 Å². The third kappa shape index (κ3) is 5.15. The van der Waals surface area contributed by atoms with Crippen molar-refractivity contribution in [2.45, 2.75) is 13.0 Å². The van der Waals surface area contributed by atoms with E-state index in [1.807, 2.05) is 42.5 Å². The summed E-state index contributed by atoms with van der Waals surface area (Å²) in [6.45, 7) is 6.09. The minimum Gasteiger partial charge on any atom is -0.497 e. The molecule has 1 N–H and O–H groups in total. The van der Waals surface area contributed by atoms with E-state index < -0.39 is 0 Å². The smallest absolute Gasteiger partial charge is 0.190 e. The summed E-state index contributed by atoms with van der Waals surface area (Å²) in [5.74, 6) is 0.875. The summed E-state index contributed by atoms with van der Waals surface area (Å²) in [5.41, 5.74) is 3.34. The van der Waals surface area contributed by atoms with Crippen LogP contribution in [0.25, 0.3) is 11.3 Å². The Hall–Kier alpha value is -2.41. The lowest BCUT2D eigenvalue weighted by atomic mass is 10.1. The fourth-order valence-electron chi connectivity index (χ4n) is 3.66. The number of ether oxygens (including phenoxy) is 2. The number of hydrogen-bond acceptors (Lipinski definition) is 4. The van der Waals surface area contributed by atoms with Gasteiger partial charge in [0.25, 0.3) is 0 Å². The van der Waals surface area contributed by atoms with Gasteiger partial charge in [0.05, 0.1) is 38.2 Å². The molecule has 1 aliphatic heterocycles. The lowest BCUT2D eigenvalue weighted by molar-refractivity contribution is -0.908. The predicted octanol–water partition coefficient (Wildman–Crippen LogP) is 2.76. The minimum atomic E-state index is 0.875. The maximum atomic E-state index is 5.48. The van der Waals surface area contributed by atoms with E-state index in [1.54, 1.807) is 23.3 Å². The second-order valence-electron chi connectivity index (χ2n) is 7.20. The zero-order chi connectivity index (χ0) is 19.9. The summed E-state index contributed by atoms with van der Waals surface area (Å²) in [5, 5.41) is 2.21. The highest BCUT2D eigenvalue weighted by Gasteiger charge is 2.14. The highest BCUT2D eigenvalue weighted by molar-refractivity contribution is 7.07. The van der Waals surface area contributed by atoms with Crippen molar-refractivity contribution >= 4 is 17.0 Å². The first-order valence-corrected chi connectivity index (χ1v) is 11.1. The summed E-state index contributed by atoms with van der Waals surface area (Å²) in [6, 6.07) is 18.4. The number of thiazole rings is 1. The van der Waals surface area contributed by atoms with Crippen LogP contribution < -0.4 is 14.4 Å². The van der Waals surface area contributed by atoms with E-state index in [0.29, 0.717) is 0 Å². The molecule has 1 aromatic heterocycles. The van der Waals surface area contributed by atoms with Gasteiger partial charge in [-0.25, -0.2) is 4.99 Å². The molecule has 152 valence electrons. The molecule has 5 nitrogen and oxygen atoms in total. The van der Waals surface area contributed by atoms with Crippen LogP contribution in [0.5, 0.6) is 5.75 Å². The number of aromatic nitrogens is 1. The third-order valence-electron chi connectivity index (χ3n) is 5.26. The quantitative estimate of drug-likeness (QED) is 0.651. The molecule has 0 unspecified atom stereocenters. The summed E-state index contributed by atoms with van der Waals surface area (Å²) in [7, 11) is 1.71. The number of quaternary nitrogens is 1. The van der Waals surface area contributed by atoms with Crippen molar-refractivity contribution in [2.24, 2.45) is 4.99 Å². The van der Waals surface area contributed by atoms with Crippen molar-refractivity contribution in [3.8, 4) is 17.0 Å². The van der Waals surface area contributed by atoms with Crippen LogP contribution in [0, 0.1) is 0 Å². The molecule has 2 heterocycles. The average Bonchev–Trinajstić information content (AvgIpc) is 3.17. The van der Waals surface area contributed by atoms with Crippen molar-refractivity contribution in [2.75, 3.05) is 40.0 Å². The number of nitrogens with zero attached hydrogens (tertiary/aromatic N) is 2. The fourth-order valence-corrected chi connectivity index (χ4v) is 4.61. The van der Waals surface area contributed by atoms with Crippen LogP contribution in [0.3, 0.4) is 0 Å². The molecule has 1 saturated heterocycles. The zero-order valence-electron chi connectivity index (χ0n) is 16.8. The number of hydrogen-bond donors (Lipinski definition) is 1. The average molecular weight is 411 g/mol. The van der Waals surface area contributed by atoms with Crippen LogP contribution >= 0.6 is 11.3 Å². The van der Waals surface area contributed by atoms with Gasteiger partial charge in [-0.2, -0.15) is 0 Å². The maximum Gasteiger partial charge on any atom is 0.190 e. The van der Waals surface area contributed by atoms with E-state index in [2.05, 4.69) is 22.1 Å². The topological polar surface area (TPSA) is 40.2 Å². The van der Waals surface area contributed by atoms with Crippen LogP contribution in [-0.4, -0.2) is 44.5 Å². The molecule has 0 spiro atoms. The molecule has 3 aromatic rings. The van der Waals surface area contributed by atoms with Gasteiger partial charge in [-0.1, -0.05) is 30.3 Å². The van der Waals surface area contributed by atoms with Crippen molar-refractivity contribution in [3.05, 3.63) is 64.8 Å². The molecule has 0 amide bonds. The summed E-state index contributed by atoms with van der Waals surface area (Å²) in [4.78, 5) is 7.59. The number of nitrogens with one attached hydrogen (secondary N) is 1. The van der Waals surface area contributed by atoms with E-state index >= 15 is 0 Å². The largest absolute Gasteiger partial charge is 0.497 e. The van der Waals surface area contributed by atoms with Gasteiger partial charge in [0.15, 0.2) is 4.80 Å². The number of benzene rings is 2. The second kappa shape index (κ2) is 9.87. The first kappa shape index (κ1) is 19.9. The van der Waals surface area contributed by atoms with Crippen molar-refractivity contribution < 1.29 is 14.4 Å². The molecular formula is C23H28N3O2S+. The van der Waals surface area contributed by atoms with Gasteiger partial charge in [0.1, 0.15) is 18.8 Å². The fraction of sp³-hybridized carbons (Fsp3) is 0.348. The van der Waals surface area contributed by atoms with Crippen molar-refractivity contribution in [1.82, 2.24) is 4.57 Å². The Kier molecular flexibility index (Phi) is 6.77. The van der Waals surface area contributed by atoms with E-state index in [9.17, 15) is 0 Å². The number of rotatable bonds is 7. The SMILES string of the molecule is COc1cccc(-c2csc(=Nc3ccccc3)n2CCC[NH+]2CCOCC2)c1. The van der Waals surface area contributed by atoms with Crippen molar-refractivity contribution in [3.63, 3.8) is 0 Å². The van der Waals surface area contributed by atoms with Crippen LogP contribution in [0.15, 0.2) is 65.0 Å². The Morgan fingerprint density at radius 2 is 1.93 bits per heavy atom. The monoisotopic (exact) mass is 410 g/mol. The third-order valence-corrected chi connectivity index (χ3v) is 6.12. The molecule has 0 radical (unpaired) electrons. The zero-order valence-corrected chi connectivity index (χ0v) is 17.7. The summed E-state index contributed by atoms with van der Waals surface area (Å²) < 4.78 is 13.3. The van der Waals surface area contributed by atoms with E-state index in [1.165, 1.54) is 5.69 Å². The molecule has 1 fully saturated rings. The van der Waals surface area contributed by atoms with E-state index in [4.69, 9.17) is 14.5 Å². The first-order chi connectivity index (χ1) is 14.3. The highest BCUT2D eigenvalue weighted by Crippen LogP contribution is 2.25. The van der Waals surface area contributed by atoms with Gasteiger partial charge in [-0.15, -0.1) is 11.3 Å². The molecule has 6 heteroatoms. The van der Waals surface area contributed by atoms with Crippen LogP contribution in [0.4, 0.5) is 5.69 Å². The summed E-state index contributed by atoms with van der Waals surface area (Å²) in [6.07, 6.45) is 1.12. The molecule has 0 bridgehead atoms.